The Bertz CT molecular complexity index is 6880. The molecule has 12 bridgehead atoms. The predicted octanol–water partition coefficient (Wildman–Crippen LogP) is 17.3. The Morgan fingerprint density at radius 3 is 0.588 bits per heavy atom. The maximum absolute atomic E-state index is 9.69. The van der Waals surface area contributed by atoms with Crippen LogP contribution in [0.2, 0.25) is 0 Å². The van der Waals surface area contributed by atoms with Crippen LogP contribution in [0.4, 0.5) is 58.4 Å². The molecule has 24 rings (SSSR count). The summed E-state index contributed by atoms with van der Waals surface area (Å²) in [5, 5.41) is 9.83. The molecule has 652 valence electrons. The number of aliphatic imine (C=N–C) groups is 8. The van der Waals surface area contributed by atoms with Crippen LogP contribution in [0, 0.1) is 27.7 Å². The van der Waals surface area contributed by atoms with Crippen LogP contribution in [-0.2, 0) is 11.1 Å². The van der Waals surface area contributed by atoms with Crippen molar-refractivity contribution in [3.8, 4) is 0 Å². The van der Waals surface area contributed by atoms with Gasteiger partial charge in [-0.05, 0) is 48.4 Å². The normalized spacial score (nSPS) is 13.6. The van der Waals surface area contributed by atoms with Crippen molar-refractivity contribution in [1.29, 1.82) is 0 Å². The van der Waals surface area contributed by atoms with Gasteiger partial charge in [0.1, 0.15) is 45.2 Å². The van der Waals surface area contributed by atoms with Gasteiger partial charge in [-0.1, -0.05) is 313 Å². The van der Waals surface area contributed by atoms with E-state index in [0.717, 1.165) is 131 Å². The second-order valence-electron chi connectivity index (χ2n) is 30.1. The molecule has 12 aromatic carbocycles. The lowest BCUT2D eigenvalue weighted by Crippen LogP contribution is -2.78. The second kappa shape index (κ2) is 38.8. The van der Waals surface area contributed by atoms with Gasteiger partial charge >= 0.3 is 47.0 Å². The summed E-state index contributed by atoms with van der Waals surface area (Å²) in [7, 11) is -5.81. The van der Waals surface area contributed by atoms with Crippen molar-refractivity contribution in [3.63, 3.8) is 0 Å². The fraction of sp³-hybridized carbons (Fsp3) is 0.120. The van der Waals surface area contributed by atoms with Crippen molar-refractivity contribution in [1.82, 2.24) is 14.2 Å². The number of hydrogen-bond acceptors (Lipinski definition) is 15. The van der Waals surface area contributed by atoms with Gasteiger partial charge in [-0.3, -0.25) is 35.1 Å². The largest absolute Gasteiger partial charge is 0.800 e. The lowest BCUT2D eigenvalue weighted by Gasteiger charge is -2.44. The van der Waals surface area contributed by atoms with E-state index in [-0.39, 0.29) is 0 Å². The van der Waals surface area contributed by atoms with Crippen LogP contribution in [0.25, 0.3) is 43.1 Å². The first-order valence-corrected chi connectivity index (χ1v) is 48.0. The van der Waals surface area contributed by atoms with E-state index in [1.165, 1.54) is 0 Å². The first kappa shape index (κ1) is 90.5. The van der Waals surface area contributed by atoms with Crippen molar-refractivity contribution in [3.05, 3.63) is 380 Å². The molecule has 0 saturated carbocycles. The zero-order chi connectivity index (χ0) is 92.1. The highest BCUT2D eigenvalue weighted by Gasteiger charge is 2.61. The molecule has 0 aliphatic carbocycles. The predicted molar refractivity (Wildman–Crippen MR) is 516 cm³/mol. The lowest BCUT2D eigenvalue weighted by molar-refractivity contribution is 0.349. The topological polar surface area (TPSA) is 196 Å². The van der Waals surface area contributed by atoms with Gasteiger partial charge in [0.25, 0.3) is 0 Å². The van der Waals surface area contributed by atoms with Crippen LogP contribution in [0.5, 0.6) is 0 Å². The summed E-state index contributed by atoms with van der Waals surface area (Å²) < 4.78 is 114. The minimum atomic E-state index is -4.91. The molecule has 8 aliphatic rings. The average Bonchev–Trinajstić information content (AvgIpc) is 1.65. The molecule has 0 fully saturated rings. The minimum Gasteiger partial charge on any atom is -0.482 e. The van der Waals surface area contributed by atoms with Crippen LogP contribution in [0.1, 0.15) is 66.8 Å². The molecule has 31 heteroatoms. The maximum Gasteiger partial charge on any atom is 0.800 e. The fourth-order valence-electron chi connectivity index (χ4n) is 17.8. The van der Waals surface area contributed by atoms with Crippen molar-refractivity contribution in [2.24, 2.45) is 59.9 Å². The standard InChI is InChI=1S/2C32H16N8.C28H28O3Si2.8CH3F.2Al/c2*1-2-10-18-17(9-1)25-33-26(18)38-28-21-13-5-6-14-22(21)30(35-28)40-32-24-16-8-7-15-23(24)31(36-32)39-29-20-12-4-3-11-19(20)27(34-29)37-25;1-21-9-5-13-25(17-21)32(29,26-14-6-10-22(2)18-26)31-33(30,27-15-7-11-23(3)19-27)28-16-8-12-24(4)20-28;8*1-2;;/h2*1-16H;5-20H,1-4H3;8*1H3;;/q3*-2;;;;;;;;;2*+3. The van der Waals surface area contributed by atoms with Gasteiger partial charge in [-0.15, -0.1) is 0 Å². The highest BCUT2D eigenvalue weighted by atomic mass is 28.5. The van der Waals surface area contributed by atoms with Crippen LogP contribution in [0.15, 0.2) is 351 Å². The van der Waals surface area contributed by atoms with E-state index in [9.17, 15) is 46.2 Å². The van der Waals surface area contributed by atoms with Gasteiger partial charge in [-0.25, -0.2) is 59.9 Å². The van der Waals surface area contributed by atoms with Gasteiger partial charge in [0.05, 0.1) is 57.4 Å². The summed E-state index contributed by atoms with van der Waals surface area (Å²) in [6.07, 6.45) is 0. The Balaban J connectivity index is 0.000000746. The quantitative estimate of drug-likeness (QED) is 0.0972. The molecule has 131 heavy (non-hydrogen) atoms. The summed E-state index contributed by atoms with van der Waals surface area (Å²) in [6.45, 7) is 8.56. The number of amidine groups is 8. The van der Waals surface area contributed by atoms with Crippen molar-refractivity contribution >= 4 is 181 Å². The molecule has 12 heterocycles. The summed E-state index contributed by atoms with van der Waals surface area (Å²) >= 11 is -8.02. The Morgan fingerprint density at radius 2 is 0.389 bits per heavy atom. The van der Waals surface area contributed by atoms with E-state index in [0.29, 0.717) is 149 Å². The number of rotatable bonds is 10. The molecule has 0 spiro atoms. The number of halogens is 8. The van der Waals surface area contributed by atoms with Gasteiger partial charge in [0.15, 0.2) is 46.7 Å². The first-order valence-electron chi connectivity index (χ1n) is 41.4. The van der Waals surface area contributed by atoms with Gasteiger partial charge < -0.3 is 25.3 Å². The van der Waals surface area contributed by atoms with E-state index < -0.39 is 47.0 Å². The van der Waals surface area contributed by atoms with Crippen LogP contribution in [0.3, 0.4) is 0 Å². The monoisotopic (exact) mass is 1820 g/mol. The maximum atomic E-state index is 9.69. The van der Waals surface area contributed by atoms with Gasteiger partial charge in [-0.2, -0.15) is 0 Å². The van der Waals surface area contributed by atoms with E-state index in [4.69, 9.17) is 59.9 Å². The van der Waals surface area contributed by atoms with Gasteiger partial charge in [0, 0.05) is 87.6 Å². The Hall–Kier alpha value is -13.8. The molecule has 0 unspecified atom stereocenters. The third-order valence-electron chi connectivity index (χ3n) is 22.9. The van der Waals surface area contributed by atoms with Crippen molar-refractivity contribution in [2.75, 3.05) is 57.4 Å². The summed E-state index contributed by atoms with van der Waals surface area (Å²) in [5.74, 6) is 6.31. The molecule has 0 radical (unpaired) electrons. The summed E-state index contributed by atoms with van der Waals surface area (Å²) in [5.41, 5.74) is 13.0. The molecule has 4 aromatic heterocycles. The average molecular weight is 1820 g/mol. The molecule has 0 N–H and O–H groups in total. The van der Waals surface area contributed by atoms with E-state index in [2.05, 4.69) is 285 Å². The summed E-state index contributed by atoms with van der Waals surface area (Å²) in [6, 6.07) is 101. The van der Waals surface area contributed by atoms with Gasteiger partial charge in [0.2, 0.25) is 0 Å². The summed E-state index contributed by atoms with van der Waals surface area (Å²) in [4.78, 5) is 69.1. The zero-order valence-electron chi connectivity index (χ0n) is 73.3. The lowest BCUT2D eigenvalue weighted by atomic mass is 10.1. The number of aromatic nitrogens is 4. The molecule has 8 aliphatic heterocycles. The molecule has 16 aromatic rings. The fourth-order valence-corrected chi connectivity index (χ4v) is 36.1. The zero-order valence-corrected chi connectivity index (χ0v) is 77.6. The van der Waals surface area contributed by atoms with E-state index in [1.807, 2.05) is 48.5 Å². The third kappa shape index (κ3) is 15.3. The molecule has 0 saturated heterocycles. The number of benzene rings is 12. The van der Waals surface area contributed by atoms with E-state index in [1.54, 1.807) is 0 Å². The highest BCUT2D eigenvalue weighted by Crippen LogP contribution is 2.45. The second-order valence-corrected chi connectivity index (χ2v) is 40.9. The molecular formula is C100H84Al2F8N16O3Si2. The number of fused-ring (bicyclic) bond motifs is 28. The van der Waals surface area contributed by atoms with Crippen LogP contribution in [-0.4, -0.2) is 165 Å². The van der Waals surface area contributed by atoms with Crippen LogP contribution < -0.4 is 42.7 Å². The smallest absolute Gasteiger partial charge is 0.482 e. The van der Waals surface area contributed by atoms with Crippen LogP contribution >= 0.6 is 0 Å². The molecule has 0 amide bonds. The first-order chi connectivity index (χ1) is 64.6. The van der Waals surface area contributed by atoms with E-state index >= 15 is 0 Å². The van der Waals surface area contributed by atoms with Crippen molar-refractivity contribution < 1.29 is 46.2 Å². The SMILES string of the molecule is CF.CF.CF.CF.CF.CF.CF.CF.Cc1cccc([Si]([O][Al]2[n]3c4c5ccccc5c3N=C3N=C(N=c5c6ccccc6c([n]52)=NC2=NC(=N4)c4ccccc42)c2ccccc23)(O[Si]([O][Al]2[n]3c4c5ccccc5c3N=C3N=C(N=c5c6ccccc6c([n]52)=NC2=NC(=N4)c4ccccc42)c2ccccc23)(c2cccc(C)c2)c2cccc(C)c2)c2cccc(C)c2)c1. The number of nitrogens with zero attached hydrogens (tertiary/aromatic N) is 16. The van der Waals surface area contributed by atoms with Crippen molar-refractivity contribution in [2.45, 2.75) is 27.7 Å². The molecule has 19 nitrogen and oxygen atoms in total. The number of alkyl halides is 8. The Labute approximate surface area is 760 Å². The Kier molecular flexibility index (Phi) is 26.8. The Morgan fingerprint density at radius 1 is 0.206 bits per heavy atom. The molecule has 0 atom stereocenters. The third-order valence-corrected chi connectivity index (χ3v) is 37.6. The highest BCUT2D eigenvalue weighted by molar-refractivity contribution is 7.07. The minimum absolute atomic E-state index is 0.499. The molecular weight excluding hydrogens is 1740 g/mol. The number of aryl methyl sites for hydroxylation is 4. The number of hydrogen-bond donors (Lipinski definition) is 0.